The van der Waals surface area contributed by atoms with E-state index in [2.05, 4.69) is 214 Å². The molecule has 1 aliphatic carbocycles. The zero-order valence-electron chi connectivity index (χ0n) is 40.7. The lowest BCUT2D eigenvalue weighted by molar-refractivity contribution is 0.660. The summed E-state index contributed by atoms with van der Waals surface area (Å²) in [5, 5.41) is 6.76. The summed E-state index contributed by atoms with van der Waals surface area (Å²) in [6.07, 6.45) is 1.25. The van der Waals surface area contributed by atoms with Crippen LogP contribution in [0.5, 0.6) is 0 Å². The summed E-state index contributed by atoms with van der Waals surface area (Å²) in [6.45, 7) is 8.94. The van der Waals surface area contributed by atoms with Crippen LogP contribution in [0.4, 0.5) is 0 Å². The Morgan fingerprint density at radius 3 is 1.78 bits per heavy atom. The predicted octanol–water partition coefficient (Wildman–Crippen LogP) is 18.1. The largest absolute Gasteiger partial charge is 0.456 e. The van der Waals surface area contributed by atoms with Crippen molar-refractivity contribution in [2.24, 2.45) is 0 Å². The van der Waals surface area contributed by atoms with Crippen LogP contribution in [-0.2, 0) is 5.41 Å². The Bertz CT molecular complexity index is 4250. The fourth-order valence-electron chi connectivity index (χ4n) is 11.1. The van der Waals surface area contributed by atoms with Gasteiger partial charge < -0.3 is 4.42 Å². The monoisotopic (exact) mass is 926 g/mol. The first-order valence-electron chi connectivity index (χ1n) is 25.0. The maximum absolute atomic E-state index is 6.38. The summed E-state index contributed by atoms with van der Waals surface area (Å²) >= 11 is 0. The van der Waals surface area contributed by atoms with E-state index in [9.17, 15) is 0 Å². The van der Waals surface area contributed by atoms with Crippen molar-refractivity contribution in [3.63, 3.8) is 0 Å². The van der Waals surface area contributed by atoms with Gasteiger partial charge in [0.2, 0.25) is 5.95 Å². The Balaban J connectivity index is 0.00000164. The zero-order valence-corrected chi connectivity index (χ0v) is 40.7. The first-order valence-corrected chi connectivity index (χ1v) is 25.0. The first kappa shape index (κ1) is 43.1. The maximum atomic E-state index is 6.38. The van der Waals surface area contributed by atoms with Gasteiger partial charge in [-0.25, -0.2) is 4.98 Å². The predicted molar refractivity (Wildman–Crippen MR) is 300 cm³/mol. The molecule has 3 aromatic heterocycles. The number of aromatic nitrogens is 4. The molecule has 3 heterocycles. The SMILES string of the molecule is CC1(C)c2ccccc2-c2ccc(-c3cccc(-c4cccc(-c5cccc6c7c8ccccc8ccc7n(-c7nc(-c8ccccc8)nc(-c8ccc9c(c8)oc8ccccc89)n7)c56)c4)c3)cc21.CCC. The standard InChI is InChI=1S/C64H42N4O.C3H8/c1-64(2)54-27-10-8-23-49(54)50-32-29-44(37-55(50)64)42-19-12-18-41(35-42)43-20-13-21-45(36-43)48-25-14-26-53-59-47-22-7-6-15-39(47)31-34-56(59)68(60(48)53)63-66-61(40-16-4-3-5-17-40)65-62(67-63)46-30-33-52-51-24-9-11-28-57(51)69-58(52)38-46;1-3-2/h3-38H,1-2H3;3H2,1-2H3. The molecule has 0 saturated heterocycles. The molecule has 0 radical (unpaired) electrons. The first-order chi connectivity index (χ1) is 35.4. The van der Waals surface area contributed by atoms with Gasteiger partial charge in [-0.3, -0.25) is 4.57 Å². The van der Waals surface area contributed by atoms with Gasteiger partial charge in [0.05, 0.1) is 11.0 Å². The smallest absolute Gasteiger partial charge is 0.238 e. The van der Waals surface area contributed by atoms with Crippen molar-refractivity contribution >= 4 is 54.5 Å². The maximum Gasteiger partial charge on any atom is 0.238 e. The highest BCUT2D eigenvalue weighted by Gasteiger charge is 2.35. The van der Waals surface area contributed by atoms with E-state index in [4.69, 9.17) is 19.4 Å². The molecular weight excluding hydrogens is 877 g/mol. The number of para-hydroxylation sites is 2. The van der Waals surface area contributed by atoms with Gasteiger partial charge in [-0.1, -0.05) is 210 Å². The van der Waals surface area contributed by atoms with Gasteiger partial charge in [-0.2, -0.15) is 9.97 Å². The van der Waals surface area contributed by atoms with Crippen LogP contribution in [0.2, 0.25) is 0 Å². The average molecular weight is 927 g/mol. The molecule has 5 heteroatoms. The summed E-state index contributed by atoms with van der Waals surface area (Å²) in [6, 6.07) is 78.0. The molecule has 13 aromatic rings. The van der Waals surface area contributed by atoms with Crippen LogP contribution in [0.1, 0.15) is 45.2 Å². The molecule has 0 fully saturated rings. The van der Waals surface area contributed by atoms with Gasteiger partial charge in [0.15, 0.2) is 11.6 Å². The van der Waals surface area contributed by atoms with Crippen molar-refractivity contribution in [3.05, 3.63) is 230 Å². The summed E-state index contributed by atoms with van der Waals surface area (Å²) in [4.78, 5) is 15.9. The third kappa shape index (κ3) is 7.03. The minimum Gasteiger partial charge on any atom is -0.456 e. The molecule has 0 bridgehead atoms. The Kier molecular flexibility index (Phi) is 10.3. The van der Waals surface area contributed by atoms with Gasteiger partial charge in [0.25, 0.3) is 0 Å². The van der Waals surface area contributed by atoms with Crippen molar-refractivity contribution in [2.45, 2.75) is 39.5 Å². The lowest BCUT2D eigenvalue weighted by Crippen LogP contribution is -2.14. The molecule has 72 heavy (non-hydrogen) atoms. The molecule has 0 amide bonds. The minimum atomic E-state index is -0.0700. The minimum absolute atomic E-state index is 0.0700. The van der Waals surface area contributed by atoms with Gasteiger partial charge in [0.1, 0.15) is 11.2 Å². The molecule has 344 valence electrons. The van der Waals surface area contributed by atoms with Crippen molar-refractivity contribution in [2.75, 3.05) is 0 Å². The lowest BCUT2D eigenvalue weighted by Gasteiger charge is -2.22. The van der Waals surface area contributed by atoms with E-state index in [-0.39, 0.29) is 5.41 Å². The Morgan fingerprint density at radius 2 is 0.972 bits per heavy atom. The molecule has 10 aromatic carbocycles. The molecule has 0 N–H and O–H groups in total. The van der Waals surface area contributed by atoms with Gasteiger partial charge in [-0.15, -0.1) is 0 Å². The van der Waals surface area contributed by atoms with Crippen molar-refractivity contribution < 1.29 is 4.42 Å². The quantitative estimate of drug-likeness (QED) is 0.167. The van der Waals surface area contributed by atoms with Crippen LogP contribution >= 0.6 is 0 Å². The van der Waals surface area contributed by atoms with Crippen LogP contribution in [0.3, 0.4) is 0 Å². The molecule has 5 nitrogen and oxygen atoms in total. The molecule has 0 unspecified atom stereocenters. The second-order valence-corrected chi connectivity index (χ2v) is 19.5. The molecule has 0 spiro atoms. The van der Waals surface area contributed by atoms with E-state index in [0.717, 1.165) is 77.1 Å². The van der Waals surface area contributed by atoms with E-state index in [1.165, 1.54) is 50.6 Å². The van der Waals surface area contributed by atoms with Crippen LogP contribution in [-0.4, -0.2) is 19.5 Å². The highest BCUT2D eigenvalue weighted by atomic mass is 16.3. The highest BCUT2D eigenvalue weighted by Crippen LogP contribution is 2.50. The molecule has 1 aliphatic rings. The summed E-state index contributed by atoms with van der Waals surface area (Å²) < 4.78 is 8.64. The van der Waals surface area contributed by atoms with E-state index in [0.29, 0.717) is 17.6 Å². The highest BCUT2D eigenvalue weighted by molar-refractivity contribution is 6.23. The Labute approximate surface area is 418 Å². The van der Waals surface area contributed by atoms with Crippen LogP contribution in [0.15, 0.2) is 223 Å². The normalized spacial score (nSPS) is 12.6. The molecule has 0 saturated carbocycles. The van der Waals surface area contributed by atoms with Crippen molar-refractivity contribution in [3.8, 4) is 73.2 Å². The number of nitrogens with zero attached hydrogens (tertiary/aromatic N) is 4. The van der Waals surface area contributed by atoms with Crippen LogP contribution < -0.4 is 0 Å². The van der Waals surface area contributed by atoms with Gasteiger partial charge in [0, 0.05) is 43.7 Å². The third-order valence-corrected chi connectivity index (χ3v) is 14.5. The Morgan fingerprint density at radius 1 is 0.403 bits per heavy atom. The molecule has 0 atom stereocenters. The van der Waals surface area contributed by atoms with Crippen molar-refractivity contribution in [1.29, 1.82) is 0 Å². The molecular formula is C67H50N4O. The van der Waals surface area contributed by atoms with Crippen LogP contribution in [0, 0.1) is 0 Å². The van der Waals surface area contributed by atoms with E-state index >= 15 is 0 Å². The zero-order chi connectivity index (χ0) is 48.5. The fraction of sp³-hybridized carbons (Fsp3) is 0.0896. The topological polar surface area (TPSA) is 56.7 Å². The number of benzene rings is 10. The van der Waals surface area contributed by atoms with E-state index < -0.39 is 0 Å². The molecule has 14 rings (SSSR count). The van der Waals surface area contributed by atoms with E-state index in [1.54, 1.807) is 0 Å². The van der Waals surface area contributed by atoms with E-state index in [1.807, 2.05) is 36.4 Å². The lowest BCUT2D eigenvalue weighted by atomic mass is 9.81. The van der Waals surface area contributed by atoms with Gasteiger partial charge in [-0.05, 0) is 103 Å². The number of rotatable bonds is 6. The number of furan rings is 1. The number of hydrogen-bond acceptors (Lipinski definition) is 4. The fourth-order valence-corrected chi connectivity index (χ4v) is 11.1. The van der Waals surface area contributed by atoms with Crippen LogP contribution in [0.25, 0.3) is 128 Å². The molecule has 0 aliphatic heterocycles. The Hall–Kier alpha value is -8.93. The number of fused-ring (bicyclic) bond motifs is 11. The second kappa shape index (κ2) is 17.2. The summed E-state index contributed by atoms with van der Waals surface area (Å²) in [7, 11) is 0. The summed E-state index contributed by atoms with van der Waals surface area (Å²) in [5.74, 6) is 1.69. The number of hydrogen-bond donors (Lipinski definition) is 0. The average Bonchev–Trinajstić information content (AvgIpc) is 4.06. The summed E-state index contributed by atoms with van der Waals surface area (Å²) in [5.41, 5.74) is 17.7. The van der Waals surface area contributed by atoms with Gasteiger partial charge >= 0.3 is 0 Å². The third-order valence-electron chi connectivity index (χ3n) is 14.5. The van der Waals surface area contributed by atoms with Crippen molar-refractivity contribution in [1.82, 2.24) is 19.5 Å². The second-order valence-electron chi connectivity index (χ2n) is 19.5.